The van der Waals surface area contributed by atoms with Gasteiger partial charge in [-0.1, -0.05) is 28.9 Å². The van der Waals surface area contributed by atoms with Crippen molar-refractivity contribution < 1.29 is 13.6 Å². The fraction of sp³-hybridized carbons (Fsp3) is 0.300. The average Bonchev–Trinajstić information content (AvgIpc) is 2.17. The van der Waals surface area contributed by atoms with Gasteiger partial charge in [-0.2, -0.15) is 0 Å². The Kier molecular flexibility index (Phi) is 3.93. The summed E-state index contributed by atoms with van der Waals surface area (Å²) in [6.45, 7) is 1.46. The number of benzene rings is 1. The molecule has 0 spiro atoms. The number of hydrogen-bond acceptors (Lipinski definition) is 4. The number of oxime groups is 1. The van der Waals surface area contributed by atoms with Gasteiger partial charge in [0.2, 0.25) is 0 Å². The fourth-order valence-electron chi connectivity index (χ4n) is 1.22. The number of nitrogens with zero attached hydrogens (tertiary/aromatic N) is 1. The van der Waals surface area contributed by atoms with Gasteiger partial charge < -0.3 is 5.21 Å². The van der Waals surface area contributed by atoms with Crippen LogP contribution in [0.25, 0.3) is 0 Å². The van der Waals surface area contributed by atoms with E-state index in [0.29, 0.717) is 10.6 Å². The molecule has 88 valence electrons. The lowest BCUT2D eigenvalue weighted by molar-refractivity contribution is 0.318. The molecule has 0 fully saturated rings. The molecule has 0 heterocycles. The molecule has 6 heteroatoms. The molecule has 1 aromatic rings. The van der Waals surface area contributed by atoms with E-state index in [1.165, 1.54) is 6.92 Å². The highest BCUT2D eigenvalue weighted by atomic mass is 35.5. The van der Waals surface area contributed by atoms with Gasteiger partial charge in [0.25, 0.3) is 0 Å². The highest BCUT2D eigenvalue weighted by Gasteiger charge is 2.23. The molecule has 0 aliphatic carbocycles. The summed E-state index contributed by atoms with van der Waals surface area (Å²) < 4.78 is 22.7. The van der Waals surface area contributed by atoms with Crippen LogP contribution in [0.2, 0.25) is 5.02 Å². The predicted molar refractivity (Wildman–Crippen MR) is 64.1 cm³/mol. The Balaban J connectivity index is 3.20. The van der Waals surface area contributed by atoms with Crippen LogP contribution in [0, 0.1) is 0 Å². The quantitative estimate of drug-likeness (QED) is 0.514. The van der Waals surface area contributed by atoms with Crippen LogP contribution in [-0.4, -0.2) is 30.8 Å². The van der Waals surface area contributed by atoms with Crippen LogP contribution in [0.5, 0.6) is 0 Å². The Hall–Kier alpha value is -1.07. The van der Waals surface area contributed by atoms with Gasteiger partial charge in [0.1, 0.15) is 11.0 Å². The van der Waals surface area contributed by atoms with Crippen LogP contribution in [-0.2, 0) is 9.84 Å². The summed E-state index contributed by atoms with van der Waals surface area (Å²) in [6, 6.07) is 6.52. The molecule has 0 aromatic heterocycles. The molecule has 0 aliphatic heterocycles. The lowest BCUT2D eigenvalue weighted by Crippen LogP contribution is -2.27. The van der Waals surface area contributed by atoms with Crippen LogP contribution in [0.4, 0.5) is 0 Å². The predicted octanol–water partition coefficient (Wildman–Crippen LogP) is 1.95. The first kappa shape index (κ1) is 13.0. The molecule has 0 radical (unpaired) electrons. The van der Waals surface area contributed by atoms with Crippen LogP contribution < -0.4 is 0 Å². The monoisotopic (exact) mass is 261 g/mol. The van der Waals surface area contributed by atoms with E-state index in [0.717, 1.165) is 6.26 Å². The van der Waals surface area contributed by atoms with Gasteiger partial charge in [-0.25, -0.2) is 8.42 Å². The molecule has 1 aromatic carbocycles. The average molecular weight is 262 g/mol. The van der Waals surface area contributed by atoms with Crippen molar-refractivity contribution in [3.8, 4) is 0 Å². The van der Waals surface area contributed by atoms with E-state index >= 15 is 0 Å². The number of hydrogen-bond donors (Lipinski definition) is 1. The van der Waals surface area contributed by atoms with Crippen molar-refractivity contribution in [1.29, 1.82) is 0 Å². The minimum atomic E-state index is -3.31. The van der Waals surface area contributed by atoms with E-state index in [1.54, 1.807) is 24.3 Å². The van der Waals surface area contributed by atoms with E-state index < -0.39 is 15.1 Å². The first-order valence-corrected chi connectivity index (χ1v) is 6.86. The molecule has 0 aliphatic rings. The van der Waals surface area contributed by atoms with Gasteiger partial charge in [-0.3, -0.25) is 0 Å². The zero-order chi connectivity index (χ0) is 12.3. The summed E-state index contributed by atoms with van der Waals surface area (Å²) >= 11 is 5.78. The summed E-state index contributed by atoms with van der Waals surface area (Å²) in [6.07, 6.45) is 1.09. The first-order valence-electron chi connectivity index (χ1n) is 4.53. The molecule has 1 atom stereocenters. The van der Waals surface area contributed by atoms with E-state index in [1.807, 2.05) is 0 Å². The third-order valence-electron chi connectivity index (χ3n) is 2.26. The third kappa shape index (κ3) is 2.96. The van der Waals surface area contributed by atoms with E-state index in [9.17, 15) is 8.42 Å². The van der Waals surface area contributed by atoms with Crippen LogP contribution in [0.15, 0.2) is 29.4 Å². The van der Waals surface area contributed by atoms with E-state index in [-0.39, 0.29) is 5.71 Å². The Morgan fingerprint density at radius 1 is 1.50 bits per heavy atom. The van der Waals surface area contributed by atoms with E-state index in [2.05, 4.69) is 5.16 Å². The lowest BCUT2D eigenvalue weighted by atomic mass is 10.1. The zero-order valence-electron chi connectivity index (χ0n) is 8.88. The second-order valence-electron chi connectivity index (χ2n) is 3.47. The zero-order valence-corrected chi connectivity index (χ0v) is 10.5. The lowest BCUT2D eigenvalue weighted by Gasteiger charge is -2.11. The van der Waals surface area contributed by atoms with Gasteiger partial charge in [0, 0.05) is 16.8 Å². The normalized spacial score (nSPS) is 14.8. The number of rotatable bonds is 3. The van der Waals surface area contributed by atoms with Crippen LogP contribution in [0.1, 0.15) is 12.5 Å². The molecule has 0 saturated carbocycles. The van der Waals surface area contributed by atoms with Crippen LogP contribution >= 0.6 is 11.6 Å². The van der Waals surface area contributed by atoms with Gasteiger partial charge in [0.05, 0.1) is 0 Å². The molecule has 0 amide bonds. The largest absolute Gasteiger partial charge is 0.411 e. The summed E-state index contributed by atoms with van der Waals surface area (Å²) in [5, 5.41) is 11.5. The van der Waals surface area contributed by atoms with Crippen LogP contribution in [0.3, 0.4) is 0 Å². The topological polar surface area (TPSA) is 66.7 Å². The van der Waals surface area contributed by atoms with E-state index in [4.69, 9.17) is 16.8 Å². The molecule has 1 N–H and O–H groups in total. The maximum Gasteiger partial charge on any atom is 0.155 e. The molecule has 0 saturated heterocycles. The second kappa shape index (κ2) is 4.84. The van der Waals surface area contributed by atoms with Crippen molar-refractivity contribution in [2.45, 2.75) is 12.2 Å². The number of halogens is 1. The highest BCUT2D eigenvalue weighted by molar-refractivity contribution is 7.92. The van der Waals surface area contributed by atoms with Crippen molar-refractivity contribution in [2.75, 3.05) is 6.26 Å². The summed E-state index contributed by atoms with van der Waals surface area (Å²) in [5.41, 5.74) is 0.581. The van der Waals surface area contributed by atoms with Gasteiger partial charge in [0.15, 0.2) is 9.84 Å². The third-order valence-corrected chi connectivity index (χ3v) is 4.00. The van der Waals surface area contributed by atoms with Crippen molar-refractivity contribution in [1.82, 2.24) is 0 Å². The minimum Gasteiger partial charge on any atom is -0.411 e. The van der Waals surface area contributed by atoms with Crippen molar-refractivity contribution >= 4 is 27.1 Å². The summed E-state index contributed by atoms with van der Waals surface area (Å²) in [4.78, 5) is 0. The van der Waals surface area contributed by atoms with Gasteiger partial charge >= 0.3 is 0 Å². The molecular formula is C10H12ClNO3S. The molecular weight excluding hydrogens is 250 g/mol. The molecule has 4 nitrogen and oxygen atoms in total. The van der Waals surface area contributed by atoms with Gasteiger partial charge in [-0.05, 0) is 19.1 Å². The second-order valence-corrected chi connectivity index (χ2v) is 6.27. The Bertz CT molecular complexity index is 511. The molecule has 16 heavy (non-hydrogen) atoms. The maximum absolute atomic E-state index is 11.4. The van der Waals surface area contributed by atoms with Gasteiger partial charge in [-0.15, -0.1) is 0 Å². The molecule has 1 rings (SSSR count). The fourth-order valence-corrected chi connectivity index (χ4v) is 2.00. The smallest absolute Gasteiger partial charge is 0.155 e. The first-order chi connectivity index (χ1) is 7.36. The van der Waals surface area contributed by atoms with Crippen molar-refractivity contribution in [2.24, 2.45) is 5.16 Å². The molecule has 1 unspecified atom stereocenters. The summed E-state index contributed by atoms with van der Waals surface area (Å²) in [7, 11) is -3.31. The Morgan fingerprint density at radius 2 is 2.12 bits per heavy atom. The van der Waals surface area contributed by atoms with Crippen molar-refractivity contribution in [3.63, 3.8) is 0 Å². The highest BCUT2D eigenvalue weighted by Crippen LogP contribution is 2.15. The Labute approximate surface area is 99.5 Å². The maximum atomic E-state index is 11.4. The molecule has 0 bridgehead atoms. The van der Waals surface area contributed by atoms with Crippen molar-refractivity contribution in [3.05, 3.63) is 34.9 Å². The standard InChI is InChI=1S/C10H12ClNO3S/c1-7(16(2,14)15)10(12-13)8-4-3-5-9(11)6-8/h3-7,13H,1-2H3. The summed E-state index contributed by atoms with van der Waals surface area (Å²) in [5.74, 6) is 0. The number of sulfone groups is 1. The Morgan fingerprint density at radius 3 is 2.56 bits per heavy atom. The minimum absolute atomic E-state index is 0.0880. The SMILES string of the molecule is CC(C(=NO)c1cccc(Cl)c1)S(C)(=O)=O.